The average Bonchev–Trinajstić information content (AvgIpc) is 3.20. The molecule has 1 atom stereocenters. The van der Waals surface area contributed by atoms with E-state index in [9.17, 15) is 24.3 Å². The maximum absolute atomic E-state index is 14.9. The van der Waals surface area contributed by atoms with Gasteiger partial charge in [-0.3, -0.25) is 9.59 Å². The number of ketones is 1. The molecule has 0 radical (unpaired) electrons. The second kappa shape index (κ2) is 11.6. The molecule has 0 spiro atoms. The molecule has 0 saturated carbocycles. The van der Waals surface area contributed by atoms with Gasteiger partial charge in [0, 0.05) is 43.9 Å². The molecule has 0 saturated heterocycles. The zero-order chi connectivity index (χ0) is 26.4. The Morgan fingerprint density at radius 1 is 1.25 bits per heavy atom. The van der Waals surface area contributed by atoms with E-state index >= 15 is 0 Å². The molecule has 2 N–H and O–H groups in total. The number of Topliss-reactive ketones (excluding diaryl/α,β-unsaturated/α-hetero) is 1. The van der Waals surface area contributed by atoms with Crippen LogP contribution in [-0.4, -0.2) is 45.1 Å². The first-order valence-corrected chi connectivity index (χ1v) is 11.6. The molecule has 3 aromatic rings. The largest absolute Gasteiger partial charge is 0.490 e. The van der Waals surface area contributed by atoms with Crippen molar-refractivity contribution in [3.05, 3.63) is 70.9 Å². The van der Waals surface area contributed by atoms with Crippen LogP contribution >= 0.6 is 0 Å². The van der Waals surface area contributed by atoms with Gasteiger partial charge in [0.1, 0.15) is 17.6 Å². The van der Waals surface area contributed by atoms with E-state index in [1.54, 1.807) is 42.1 Å². The van der Waals surface area contributed by atoms with Crippen molar-refractivity contribution in [2.45, 2.75) is 45.8 Å². The minimum Gasteiger partial charge on any atom is -0.490 e. The van der Waals surface area contributed by atoms with Crippen LogP contribution in [0.25, 0.3) is 11.3 Å². The van der Waals surface area contributed by atoms with Gasteiger partial charge in [-0.25, -0.2) is 9.37 Å². The summed E-state index contributed by atoms with van der Waals surface area (Å²) < 4.78 is 22.1. The molecule has 188 valence electrons. The number of nitrogens with zero attached hydrogens (tertiary/aromatic N) is 3. The highest BCUT2D eigenvalue weighted by Crippen LogP contribution is 2.24. The Balaban J connectivity index is 1.76. The molecule has 0 aliphatic rings. The summed E-state index contributed by atoms with van der Waals surface area (Å²) in [4.78, 5) is 28.7. The van der Waals surface area contributed by atoms with Gasteiger partial charge in [-0.05, 0) is 62.6 Å². The fourth-order valence-corrected chi connectivity index (χ4v) is 3.87. The number of carbonyl (C=O) groups is 2. The van der Waals surface area contributed by atoms with E-state index in [0.717, 1.165) is 0 Å². The number of halogens is 1. The maximum Gasteiger partial charge on any atom is 0.251 e. The Kier molecular flexibility index (Phi) is 8.56. The second-order valence-corrected chi connectivity index (χ2v) is 8.81. The lowest BCUT2D eigenvalue weighted by Crippen LogP contribution is -2.37. The van der Waals surface area contributed by atoms with Crippen LogP contribution in [0.1, 0.15) is 59.3 Å². The second-order valence-electron chi connectivity index (χ2n) is 8.81. The lowest BCUT2D eigenvalue weighted by atomic mass is 10.0. The number of nitrogens with one attached hydrogen (secondary N) is 1. The summed E-state index contributed by atoms with van der Waals surface area (Å²) >= 11 is 0. The highest BCUT2D eigenvalue weighted by Gasteiger charge is 2.19. The van der Waals surface area contributed by atoms with Gasteiger partial charge in [0.25, 0.3) is 5.91 Å². The minimum absolute atomic E-state index is 0.119. The molecule has 1 amide bonds. The maximum atomic E-state index is 14.9. The average molecular weight is 493 g/mol. The molecule has 0 fully saturated rings. The Morgan fingerprint density at radius 2 is 2.00 bits per heavy atom. The number of imidazole rings is 1. The van der Waals surface area contributed by atoms with Gasteiger partial charge in [-0.1, -0.05) is 6.07 Å². The summed E-state index contributed by atoms with van der Waals surface area (Å²) in [6, 6.07) is 10.8. The first kappa shape index (κ1) is 26.6. The van der Waals surface area contributed by atoms with Crippen LogP contribution in [0.5, 0.6) is 5.75 Å². The minimum atomic E-state index is -0.505. The smallest absolute Gasteiger partial charge is 0.251 e. The van der Waals surface area contributed by atoms with Crippen molar-refractivity contribution in [3.8, 4) is 23.1 Å². The van der Waals surface area contributed by atoms with Gasteiger partial charge in [0.05, 0.1) is 17.4 Å². The third kappa shape index (κ3) is 6.34. The van der Waals surface area contributed by atoms with Crippen LogP contribution in [-0.2, 0) is 13.5 Å². The van der Waals surface area contributed by atoms with Crippen molar-refractivity contribution in [2.75, 3.05) is 6.61 Å². The first-order chi connectivity index (χ1) is 17.1. The number of amides is 1. The summed E-state index contributed by atoms with van der Waals surface area (Å²) in [7, 11) is 1.67. The number of nitriles is 1. The number of carbonyl (C=O) groups excluding carboxylic acids is 2. The van der Waals surface area contributed by atoms with E-state index in [0.29, 0.717) is 17.0 Å². The van der Waals surface area contributed by atoms with E-state index in [-0.39, 0.29) is 53.9 Å². The van der Waals surface area contributed by atoms with Crippen molar-refractivity contribution in [1.29, 1.82) is 5.26 Å². The first-order valence-electron chi connectivity index (χ1n) is 11.6. The van der Waals surface area contributed by atoms with Crippen LogP contribution in [0.2, 0.25) is 0 Å². The fourth-order valence-electron chi connectivity index (χ4n) is 3.87. The number of aryl methyl sites for hydroxylation is 1. The number of ether oxygens (including phenoxy) is 1. The molecule has 0 bridgehead atoms. The molecular weight excluding hydrogens is 463 g/mol. The van der Waals surface area contributed by atoms with Gasteiger partial charge in [0.2, 0.25) is 0 Å². The summed E-state index contributed by atoms with van der Waals surface area (Å²) in [6.45, 7) is 4.92. The van der Waals surface area contributed by atoms with E-state index in [4.69, 9.17) is 4.74 Å². The normalized spacial score (nSPS) is 11.7. The lowest BCUT2D eigenvalue weighted by molar-refractivity contribution is 0.0929. The molecule has 9 heteroatoms. The number of hydrogen-bond acceptors (Lipinski definition) is 6. The van der Waals surface area contributed by atoms with Gasteiger partial charge < -0.3 is 19.7 Å². The third-order valence-corrected chi connectivity index (χ3v) is 5.52. The Labute approximate surface area is 209 Å². The number of benzene rings is 2. The van der Waals surface area contributed by atoms with Crippen molar-refractivity contribution in [2.24, 2.45) is 7.05 Å². The van der Waals surface area contributed by atoms with E-state index in [1.807, 2.05) is 19.9 Å². The van der Waals surface area contributed by atoms with E-state index in [2.05, 4.69) is 10.3 Å². The van der Waals surface area contributed by atoms with Gasteiger partial charge in [0.15, 0.2) is 11.6 Å². The predicted octanol–water partition coefficient (Wildman–Crippen LogP) is 3.81. The van der Waals surface area contributed by atoms with Crippen molar-refractivity contribution in [3.63, 3.8) is 0 Å². The van der Waals surface area contributed by atoms with Gasteiger partial charge >= 0.3 is 0 Å². The highest BCUT2D eigenvalue weighted by atomic mass is 19.1. The number of rotatable bonds is 10. The van der Waals surface area contributed by atoms with Crippen LogP contribution in [0.3, 0.4) is 0 Å². The lowest BCUT2D eigenvalue weighted by Gasteiger charge is -2.19. The molecule has 3 rings (SSSR count). The fraction of sp³-hybridized carbons (Fsp3) is 0.333. The van der Waals surface area contributed by atoms with Gasteiger partial charge in [-0.2, -0.15) is 5.26 Å². The van der Waals surface area contributed by atoms with Crippen LogP contribution < -0.4 is 10.1 Å². The van der Waals surface area contributed by atoms with Crippen LogP contribution in [0, 0.1) is 17.1 Å². The Bertz CT molecular complexity index is 1310. The zero-order valence-corrected chi connectivity index (χ0v) is 20.7. The Hall–Kier alpha value is -4.03. The molecule has 0 unspecified atom stereocenters. The van der Waals surface area contributed by atoms with E-state index in [1.165, 1.54) is 19.1 Å². The third-order valence-electron chi connectivity index (χ3n) is 5.52. The predicted molar refractivity (Wildman–Crippen MR) is 132 cm³/mol. The molecule has 0 aliphatic heterocycles. The van der Waals surface area contributed by atoms with Gasteiger partial charge in [-0.15, -0.1) is 0 Å². The molecular formula is C27H29FN4O4. The summed E-state index contributed by atoms with van der Waals surface area (Å²) in [5.41, 5.74) is 1.76. The topological polar surface area (TPSA) is 117 Å². The van der Waals surface area contributed by atoms with E-state index < -0.39 is 17.8 Å². The number of aromatic nitrogens is 2. The van der Waals surface area contributed by atoms with Crippen molar-refractivity contribution in [1.82, 2.24) is 14.9 Å². The van der Waals surface area contributed by atoms with Crippen molar-refractivity contribution < 1.29 is 23.8 Å². The highest BCUT2D eigenvalue weighted by molar-refractivity contribution is 5.95. The zero-order valence-electron chi connectivity index (χ0n) is 20.7. The SMILES string of the molecule is CC(=O)c1nc(-c2ccc(C[C@@H](CCO)NC(=O)c3ccc(OC(C)C)c(C#N)c3)cc2F)cn1C. The standard InChI is InChI=1S/C27H29FN4O4/c1-16(2)36-25-8-6-19(13-20(25)14-29)27(35)30-21(9-10-33)11-18-5-7-22(23(28)12-18)24-15-32(4)26(31-24)17(3)34/h5-8,12-13,15-16,21,33H,9-11H2,1-4H3,(H,30,35)/t21-/m1/s1. The molecule has 1 aromatic heterocycles. The Morgan fingerprint density at radius 3 is 2.58 bits per heavy atom. The summed E-state index contributed by atoms with van der Waals surface area (Å²) in [5, 5.41) is 21.8. The number of aliphatic hydroxyl groups excluding tert-OH is 1. The number of aliphatic hydroxyl groups is 1. The molecule has 36 heavy (non-hydrogen) atoms. The van der Waals surface area contributed by atoms with Crippen LogP contribution in [0.4, 0.5) is 4.39 Å². The molecule has 0 aliphatic carbocycles. The molecule has 2 aromatic carbocycles. The summed E-state index contributed by atoms with van der Waals surface area (Å²) in [5.74, 6) is -0.498. The van der Waals surface area contributed by atoms with Crippen LogP contribution in [0.15, 0.2) is 42.6 Å². The monoisotopic (exact) mass is 492 g/mol. The van der Waals surface area contributed by atoms with Crippen molar-refractivity contribution >= 4 is 11.7 Å². The molecule has 8 nitrogen and oxygen atoms in total. The quantitative estimate of drug-likeness (QED) is 0.416. The molecule has 1 heterocycles. The number of hydrogen-bond donors (Lipinski definition) is 2. The summed E-state index contributed by atoms with van der Waals surface area (Å²) in [6.07, 6.45) is 2.02.